The second-order valence-corrected chi connectivity index (χ2v) is 4.49. The highest BCUT2D eigenvalue weighted by molar-refractivity contribution is 5.93. The van der Waals surface area contributed by atoms with Crippen LogP contribution in [0.4, 0.5) is 0 Å². The third-order valence-electron chi connectivity index (χ3n) is 3.01. The minimum absolute atomic E-state index is 0.0483. The molecular formula is C15H18N2O2. The highest BCUT2D eigenvalue weighted by atomic mass is 16.2. The topological polar surface area (TPSA) is 51.1 Å². The predicted octanol–water partition coefficient (Wildman–Crippen LogP) is 2.59. The number of amides is 1. The Morgan fingerprint density at radius 3 is 2.74 bits per heavy atom. The van der Waals surface area contributed by atoms with Crippen LogP contribution in [0, 0.1) is 0 Å². The van der Waals surface area contributed by atoms with Crippen LogP contribution in [0.3, 0.4) is 0 Å². The van der Waals surface area contributed by atoms with Gasteiger partial charge >= 0.3 is 0 Å². The van der Waals surface area contributed by atoms with Crippen LogP contribution < -0.4 is 5.32 Å². The normalized spacial score (nSPS) is 10.6. The van der Waals surface area contributed by atoms with Gasteiger partial charge in [-0.15, -0.1) is 0 Å². The molecule has 19 heavy (non-hydrogen) atoms. The van der Waals surface area contributed by atoms with Gasteiger partial charge in [0, 0.05) is 31.0 Å². The van der Waals surface area contributed by atoms with Crippen molar-refractivity contribution in [3.05, 3.63) is 36.5 Å². The molecule has 1 aromatic carbocycles. The molecule has 0 aliphatic rings. The molecule has 1 heterocycles. The number of aromatic nitrogens is 1. The second-order valence-electron chi connectivity index (χ2n) is 4.49. The van der Waals surface area contributed by atoms with Gasteiger partial charge in [-0.05, 0) is 18.6 Å². The number of carbonyl (C=O) groups is 2. The fraction of sp³-hybridized carbons (Fsp3) is 0.333. The number of carbonyl (C=O) groups excluding carboxylic acids is 2. The molecule has 2 aromatic rings. The first-order valence-corrected chi connectivity index (χ1v) is 6.58. The third kappa shape index (κ3) is 3.22. The van der Waals surface area contributed by atoms with Crippen molar-refractivity contribution in [2.24, 2.45) is 0 Å². The second kappa shape index (κ2) is 6.18. The van der Waals surface area contributed by atoms with Crippen molar-refractivity contribution in [2.45, 2.75) is 26.2 Å². The Balaban J connectivity index is 1.98. The molecular weight excluding hydrogens is 240 g/mol. The van der Waals surface area contributed by atoms with Crippen molar-refractivity contribution in [2.75, 3.05) is 6.54 Å². The van der Waals surface area contributed by atoms with Gasteiger partial charge in [-0.2, -0.15) is 0 Å². The lowest BCUT2D eigenvalue weighted by molar-refractivity contribution is -0.121. The number of nitrogens with zero attached hydrogens (tertiary/aromatic N) is 1. The maximum absolute atomic E-state index is 12.1. The lowest BCUT2D eigenvalue weighted by Gasteiger charge is -2.05. The molecule has 0 bridgehead atoms. The van der Waals surface area contributed by atoms with E-state index in [0.29, 0.717) is 6.54 Å². The number of hydrogen-bond acceptors (Lipinski definition) is 2. The Bertz CT molecular complexity index is 587. The molecule has 1 amide bonds. The van der Waals surface area contributed by atoms with Crippen LogP contribution in [0.1, 0.15) is 31.0 Å². The van der Waals surface area contributed by atoms with Crippen molar-refractivity contribution in [1.82, 2.24) is 9.88 Å². The number of benzene rings is 1. The third-order valence-corrected chi connectivity index (χ3v) is 3.01. The van der Waals surface area contributed by atoms with Crippen LogP contribution in [0.15, 0.2) is 36.5 Å². The van der Waals surface area contributed by atoms with E-state index in [1.165, 1.54) is 0 Å². The van der Waals surface area contributed by atoms with Gasteiger partial charge in [0.1, 0.15) is 0 Å². The smallest absolute Gasteiger partial charge is 0.231 e. The molecule has 0 saturated heterocycles. The summed E-state index contributed by atoms with van der Waals surface area (Å²) in [6, 6.07) is 9.62. The summed E-state index contributed by atoms with van der Waals surface area (Å²) in [6.45, 7) is 2.66. The molecule has 0 unspecified atom stereocenters. The first kappa shape index (κ1) is 13.3. The van der Waals surface area contributed by atoms with E-state index in [1.54, 1.807) is 10.8 Å². The molecule has 0 fully saturated rings. The predicted molar refractivity (Wildman–Crippen MR) is 75.1 cm³/mol. The zero-order valence-corrected chi connectivity index (χ0v) is 11.1. The van der Waals surface area contributed by atoms with Crippen LogP contribution in [0.5, 0.6) is 0 Å². The van der Waals surface area contributed by atoms with Gasteiger partial charge in [0.15, 0.2) is 0 Å². The van der Waals surface area contributed by atoms with Gasteiger partial charge < -0.3 is 5.32 Å². The lowest BCUT2D eigenvalue weighted by Crippen LogP contribution is -2.25. The summed E-state index contributed by atoms with van der Waals surface area (Å²) in [7, 11) is 0. The average Bonchev–Trinajstić information content (AvgIpc) is 2.86. The van der Waals surface area contributed by atoms with E-state index in [1.807, 2.05) is 37.3 Å². The van der Waals surface area contributed by atoms with Crippen LogP contribution in [-0.4, -0.2) is 22.9 Å². The van der Waals surface area contributed by atoms with Crippen molar-refractivity contribution in [3.63, 3.8) is 0 Å². The minimum Gasteiger partial charge on any atom is -0.356 e. The fourth-order valence-corrected chi connectivity index (χ4v) is 1.99. The molecule has 100 valence electrons. The van der Waals surface area contributed by atoms with E-state index in [2.05, 4.69) is 5.32 Å². The number of fused-ring (bicyclic) bond motifs is 1. The Hall–Kier alpha value is -2.10. The zero-order chi connectivity index (χ0) is 13.7. The van der Waals surface area contributed by atoms with Crippen molar-refractivity contribution >= 4 is 22.7 Å². The Labute approximate surface area is 112 Å². The average molecular weight is 258 g/mol. The lowest BCUT2D eigenvalue weighted by atomic mass is 10.2. The molecule has 2 rings (SSSR count). The number of para-hydroxylation sites is 1. The fourth-order valence-electron chi connectivity index (χ4n) is 1.99. The summed E-state index contributed by atoms with van der Waals surface area (Å²) in [5.74, 6) is -0.112. The summed E-state index contributed by atoms with van der Waals surface area (Å²) in [4.78, 5) is 23.5. The number of hydrogen-bond donors (Lipinski definition) is 1. The van der Waals surface area contributed by atoms with E-state index < -0.39 is 0 Å². The van der Waals surface area contributed by atoms with Crippen molar-refractivity contribution in [3.8, 4) is 0 Å². The maximum Gasteiger partial charge on any atom is 0.231 e. The van der Waals surface area contributed by atoms with E-state index >= 15 is 0 Å². The molecule has 4 nitrogen and oxygen atoms in total. The molecule has 0 aliphatic carbocycles. The number of rotatable bonds is 5. The Morgan fingerprint density at radius 2 is 1.95 bits per heavy atom. The first-order chi connectivity index (χ1) is 9.22. The van der Waals surface area contributed by atoms with Gasteiger partial charge in [0.2, 0.25) is 11.8 Å². The van der Waals surface area contributed by atoms with Crippen LogP contribution in [-0.2, 0) is 4.79 Å². The summed E-state index contributed by atoms with van der Waals surface area (Å²) in [6.07, 6.45) is 3.14. The largest absolute Gasteiger partial charge is 0.356 e. The summed E-state index contributed by atoms with van der Waals surface area (Å²) in [5.41, 5.74) is 0.890. The number of nitrogens with one attached hydrogen (secondary N) is 1. The molecule has 0 spiro atoms. The van der Waals surface area contributed by atoms with Gasteiger partial charge in [0.05, 0.1) is 5.52 Å². The monoisotopic (exact) mass is 258 g/mol. The SMILES string of the molecule is CCCNC(=O)CCC(=O)n1ccc2ccccc21. The molecule has 1 aromatic heterocycles. The van der Waals surface area contributed by atoms with Crippen LogP contribution >= 0.6 is 0 Å². The van der Waals surface area contributed by atoms with E-state index in [0.717, 1.165) is 17.3 Å². The molecule has 4 heteroatoms. The first-order valence-electron chi connectivity index (χ1n) is 6.58. The van der Waals surface area contributed by atoms with Gasteiger partial charge in [-0.25, -0.2) is 0 Å². The van der Waals surface area contributed by atoms with E-state index in [-0.39, 0.29) is 24.7 Å². The van der Waals surface area contributed by atoms with Gasteiger partial charge in [-0.1, -0.05) is 25.1 Å². The molecule has 1 N–H and O–H groups in total. The van der Waals surface area contributed by atoms with Crippen molar-refractivity contribution < 1.29 is 9.59 Å². The highest BCUT2D eigenvalue weighted by Gasteiger charge is 2.10. The van der Waals surface area contributed by atoms with E-state index in [4.69, 9.17) is 0 Å². The van der Waals surface area contributed by atoms with Crippen LogP contribution in [0.25, 0.3) is 10.9 Å². The zero-order valence-electron chi connectivity index (χ0n) is 11.1. The molecule has 0 atom stereocenters. The minimum atomic E-state index is -0.0633. The highest BCUT2D eigenvalue weighted by Crippen LogP contribution is 2.15. The Morgan fingerprint density at radius 1 is 1.16 bits per heavy atom. The molecule has 0 aliphatic heterocycles. The maximum atomic E-state index is 12.1. The van der Waals surface area contributed by atoms with Crippen molar-refractivity contribution in [1.29, 1.82) is 0 Å². The van der Waals surface area contributed by atoms with Gasteiger partial charge in [0.25, 0.3) is 0 Å². The Kier molecular flexibility index (Phi) is 4.34. The standard InChI is InChI=1S/C15H18N2O2/c1-2-10-16-14(18)7-8-15(19)17-11-9-12-5-3-4-6-13(12)17/h3-6,9,11H,2,7-8,10H2,1H3,(H,16,18). The quantitative estimate of drug-likeness (QED) is 0.896. The summed E-state index contributed by atoms with van der Waals surface area (Å²) in [5, 5.41) is 3.80. The van der Waals surface area contributed by atoms with Gasteiger partial charge in [-0.3, -0.25) is 14.2 Å². The molecule has 0 saturated carbocycles. The van der Waals surface area contributed by atoms with E-state index in [9.17, 15) is 9.59 Å². The molecule has 0 radical (unpaired) electrons. The summed E-state index contributed by atoms with van der Waals surface area (Å²) >= 11 is 0. The summed E-state index contributed by atoms with van der Waals surface area (Å²) < 4.78 is 1.61. The van der Waals surface area contributed by atoms with Crippen LogP contribution in [0.2, 0.25) is 0 Å².